The minimum absolute atomic E-state index is 0.507. The molecule has 0 radical (unpaired) electrons. The first-order valence-electron chi connectivity index (χ1n) is 7.30. The van der Waals surface area contributed by atoms with Crippen LogP contribution in [0.5, 0.6) is 0 Å². The van der Waals surface area contributed by atoms with Crippen molar-refractivity contribution in [2.24, 2.45) is 0 Å². The van der Waals surface area contributed by atoms with Gasteiger partial charge in [-0.3, -0.25) is 4.90 Å². The summed E-state index contributed by atoms with van der Waals surface area (Å²) in [6.07, 6.45) is 6.82. The first-order chi connectivity index (χ1) is 8.28. The van der Waals surface area contributed by atoms with Crippen LogP contribution >= 0.6 is 0 Å². The van der Waals surface area contributed by atoms with Gasteiger partial charge in [0, 0.05) is 38.3 Å². The van der Waals surface area contributed by atoms with Gasteiger partial charge in [0.15, 0.2) is 0 Å². The van der Waals surface area contributed by atoms with E-state index in [2.05, 4.69) is 24.1 Å². The second kappa shape index (κ2) is 6.17. The fraction of sp³-hybridized carbons (Fsp3) is 1.00. The monoisotopic (exact) mass is 240 g/mol. The molecule has 1 heterocycles. The van der Waals surface area contributed by atoms with Crippen LogP contribution in [0, 0.1) is 0 Å². The summed E-state index contributed by atoms with van der Waals surface area (Å²) < 4.78 is 5.51. The van der Waals surface area contributed by atoms with Crippen LogP contribution in [-0.2, 0) is 4.74 Å². The van der Waals surface area contributed by atoms with Crippen LogP contribution in [-0.4, -0.2) is 49.3 Å². The Labute approximate surface area is 106 Å². The fourth-order valence-electron chi connectivity index (χ4n) is 3.42. The lowest BCUT2D eigenvalue weighted by Gasteiger charge is -2.43. The third kappa shape index (κ3) is 3.01. The van der Waals surface area contributed by atoms with E-state index in [0.29, 0.717) is 12.1 Å². The van der Waals surface area contributed by atoms with Crippen LogP contribution in [0.15, 0.2) is 0 Å². The molecule has 0 aromatic heterocycles. The van der Waals surface area contributed by atoms with E-state index in [1.54, 1.807) is 0 Å². The molecular formula is C14H28N2O. The zero-order valence-electron chi connectivity index (χ0n) is 11.6. The third-order valence-corrected chi connectivity index (χ3v) is 4.67. The quantitative estimate of drug-likeness (QED) is 0.813. The number of piperazine rings is 1. The lowest BCUT2D eigenvalue weighted by molar-refractivity contribution is 0.0606. The molecule has 1 aliphatic heterocycles. The van der Waals surface area contributed by atoms with E-state index in [0.717, 1.165) is 12.1 Å². The predicted octanol–water partition coefficient (Wildman–Crippen LogP) is 2.02. The molecule has 2 aliphatic rings. The van der Waals surface area contributed by atoms with Gasteiger partial charge >= 0.3 is 0 Å². The van der Waals surface area contributed by atoms with Crippen molar-refractivity contribution in [1.82, 2.24) is 10.2 Å². The Kier molecular flexibility index (Phi) is 4.83. The first kappa shape index (κ1) is 13.3. The van der Waals surface area contributed by atoms with Crippen LogP contribution in [0.2, 0.25) is 0 Å². The molecule has 2 rings (SSSR count). The second-order valence-corrected chi connectivity index (χ2v) is 5.60. The number of ether oxygens (including phenoxy) is 1. The Bertz CT molecular complexity index is 234. The molecule has 1 saturated heterocycles. The summed E-state index contributed by atoms with van der Waals surface area (Å²) in [5.74, 6) is 0. The third-order valence-electron chi connectivity index (χ3n) is 4.67. The molecule has 100 valence electrons. The fourth-order valence-corrected chi connectivity index (χ4v) is 3.42. The number of nitrogens with zero attached hydrogens (tertiary/aromatic N) is 1. The topological polar surface area (TPSA) is 24.5 Å². The van der Waals surface area contributed by atoms with Gasteiger partial charge in [-0.15, -0.1) is 0 Å². The summed E-state index contributed by atoms with van der Waals surface area (Å²) in [5, 5.41) is 3.68. The van der Waals surface area contributed by atoms with Crippen molar-refractivity contribution in [3.05, 3.63) is 0 Å². The molecule has 0 aromatic rings. The standard InChI is InChI=1S/C14H28N2O/c1-4-11-10-16(12(5-2)9-15-11)13-6-7-14(8-13)17-3/h11-15H,4-10H2,1-3H3. The van der Waals surface area contributed by atoms with Crippen LogP contribution in [0.1, 0.15) is 46.0 Å². The average molecular weight is 240 g/mol. The molecule has 2 fully saturated rings. The lowest BCUT2D eigenvalue weighted by atomic mass is 10.0. The zero-order chi connectivity index (χ0) is 12.3. The van der Waals surface area contributed by atoms with E-state index < -0.39 is 0 Å². The van der Waals surface area contributed by atoms with Gasteiger partial charge < -0.3 is 10.1 Å². The minimum Gasteiger partial charge on any atom is -0.381 e. The Morgan fingerprint density at radius 2 is 2.06 bits per heavy atom. The maximum atomic E-state index is 5.51. The Balaban J connectivity index is 1.95. The Hall–Kier alpha value is -0.120. The van der Waals surface area contributed by atoms with Crippen molar-refractivity contribution in [2.75, 3.05) is 20.2 Å². The summed E-state index contributed by atoms with van der Waals surface area (Å²) in [6, 6.07) is 2.19. The van der Waals surface area contributed by atoms with Crippen LogP contribution in [0.25, 0.3) is 0 Å². The van der Waals surface area contributed by atoms with E-state index >= 15 is 0 Å². The van der Waals surface area contributed by atoms with Crippen molar-refractivity contribution in [3.8, 4) is 0 Å². The molecule has 1 N–H and O–H groups in total. The van der Waals surface area contributed by atoms with Crippen molar-refractivity contribution < 1.29 is 4.74 Å². The summed E-state index contributed by atoms with van der Waals surface area (Å²) in [4.78, 5) is 2.77. The zero-order valence-corrected chi connectivity index (χ0v) is 11.6. The average Bonchev–Trinajstić information content (AvgIpc) is 2.86. The lowest BCUT2D eigenvalue weighted by Crippen LogP contribution is -2.58. The molecule has 0 amide bonds. The molecule has 4 atom stereocenters. The molecule has 0 bridgehead atoms. The van der Waals surface area contributed by atoms with Crippen molar-refractivity contribution >= 4 is 0 Å². The largest absolute Gasteiger partial charge is 0.381 e. The van der Waals surface area contributed by atoms with Gasteiger partial charge in [-0.1, -0.05) is 13.8 Å². The van der Waals surface area contributed by atoms with E-state index in [-0.39, 0.29) is 0 Å². The molecule has 4 unspecified atom stereocenters. The molecular weight excluding hydrogens is 212 g/mol. The van der Waals surface area contributed by atoms with Gasteiger partial charge in [0.05, 0.1) is 6.10 Å². The maximum absolute atomic E-state index is 5.51. The van der Waals surface area contributed by atoms with Crippen molar-refractivity contribution in [1.29, 1.82) is 0 Å². The molecule has 1 saturated carbocycles. The van der Waals surface area contributed by atoms with Crippen molar-refractivity contribution in [2.45, 2.75) is 70.2 Å². The summed E-state index contributed by atoms with van der Waals surface area (Å²) >= 11 is 0. The second-order valence-electron chi connectivity index (χ2n) is 5.60. The van der Waals surface area contributed by atoms with Gasteiger partial charge in [-0.05, 0) is 32.1 Å². The normalized spacial score (nSPS) is 39.7. The highest BCUT2D eigenvalue weighted by molar-refractivity contribution is 4.92. The van der Waals surface area contributed by atoms with Gasteiger partial charge in [0.25, 0.3) is 0 Å². The number of nitrogens with one attached hydrogen (secondary N) is 1. The molecule has 3 nitrogen and oxygen atoms in total. The number of methoxy groups -OCH3 is 1. The van der Waals surface area contributed by atoms with Crippen LogP contribution < -0.4 is 5.32 Å². The highest BCUT2D eigenvalue weighted by Gasteiger charge is 2.35. The smallest absolute Gasteiger partial charge is 0.0586 e. The Morgan fingerprint density at radius 1 is 1.24 bits per heavy atom. The van der Waals surface area contributed by atoms with Gasteiger partial charge in [0.1, 0.15) is 0 Å². The minimum atomic E-state index is 0.507. The Morgan fingerprint density at radius 3 is 2.65 bits per heavy atom. The number of hydrogen-bond acceptors (Lipinski definition) is 3. The van der Waals surface area contributed by atoms with Crippen molar-refractivity contribution in [3.63, 3.8) is 0 Å². The highest BCUT2D eigenvalue weighted by atomic mass is 16.5. The maximum Gasteiger partial charge on any atom is 0.0586 e. The first-order valence-corrected chi connectivity index (χ1v) is 7.30. The molecule has 17 heavy (non-hydrogen) atoms. The van der Waals surface area contributed by atoms with Gasteiger partial charge in [0.2, 0.25) is 0 Å². The highest BCUT2D eigenvalue weighted by Crippen LogP contribution is 2.29. The summed E-state index contributed by atoms with van der Waals surface area (Å²) in [7, 11) is 1.86. The summed E-state index contributed by atoms with van der Waals surface area (Å²) in [6.45, 7) is 7.00. The molecule has 0 spiro atoms. The molecule has 3 heteroatoms. The van der Waals surface area contributed by atoms with E-state index in [4.69, 9.17) is 4.74 Å². The number of hydrogen-bond donors (Lipinski definition) is 1. The predicted molar refractivity (Wildman–Crippen MR) is 71.3 cm³/mol. The van der Waals surface area contributed by atoms with Crippen LogP contribution in [0.3, 0.4) is 0 Å². The van der Waals surface area contributed by atoms with Gasteiger partial charge in [-0.25, -0.2) is 0 Å². The van der Waals surface area contributed by atoms with Gasteiger partial charge in [-0.2, -0.15) is 0 Å². The number of rotatable bonds is 4. The van der Waals surface area contributed by atoms with E-state index in [1.165, 1.54) is 45.2 Å². The molecule has 1 aliphatic carbocycles. The SMILES string of the molecule is CCC1CN(C2CCC(OC)C2)C(CC)CN1. The summed E-state index contributed by atoms with van der Waals surface area (Å²) in [5.41, 5.74) is 0. The van der Waals surface area contributed by atoms with E-state index in [9.17, 15) is 0 Å². The van der Waals surface area contributed by atoms with Crippen LogP contribution in [0.4, 0.5) is 0 Å². The van der Waals surface area contributed by atoms with E-state index in [1.807, 2.05) is 7.11 Å². The molecule has 0 aromatic carbocycles.